The third-order valence-corrected chi connectivity index (χ3v) is 3.55. The number of carbonyl (C=O) groups is 2. The van der Waals surface area contributed by atoms with Crippen LogP contribution in [0.25, 0.3) is 0 Å². The molecule has 5 heteroatoms. The predicted molar refractivity (Wildman–Crippen MR) is 80.4 cm³/mol. The summed E-state index contributed by atoms with van der Waals surface area (Å²) in [6.07, 6.45) is 0.676. The van der Waals surface area contributed by atoms with Crippen molar-refractivity contribution in [3.63, 3.8) is 0 Å². The second kappa shape index (κ2) is 7.67. The van der Waals surface area contributed by atoms with Crippen LogP contribution in [0.2, 0.25) is 0 Å². The number of rotatable bonds is 7. The van der Waals surface area contributed by atoms with Crippen molar-refractivity contribution in [2.24, 2.45) is 5.92 Å². The predicted octanol–water partition coefficient (Wildman–Crippen LogP) is 2.30. The van der Waals surface area contributed by atoms with E-state index < -0.39 is 17.9 Å². The van der Waals surface area contributed by atoms with Gasteiger partial charge in [0.25, 0.3) is 5.91 Å². The molecule has 0 bridgehead atoms. The van der Waals surface area contributed by atoms with Gasteiger partial charge in [-0.25, -0.2) is 4.79 Å². The molecule has 0 spiro atoms. The lowest BCUT2D eigenvalue weighted by Crippen LogP contribution is -2.46. The first-order valence-electron chi connectivity index (χ1n) is 7.08. The highest BCUT2D eigenvalue weighted by atomic mass is 16.5. The Kier molecular flexibility index (Phi) is 6.21. The van der Waals surface area contributed by atoms with Gasteiger partial charge in [-0.1, -0.05) is 38.5 Å². The summed E-state index contributed by atoms with van der Waals surface area (Å²) in [5, 5.41) is 11.7. The molecule has 21 heavy (non-hydrogen) atoms. The molecule has 0 saturated heterocycles. The summed E-state index contributed by atoms with van der Waals surface area (Å²) in [7, 11) is 0. The second-order valence-electron chi connectivity index (χ2n) is 5.28. The lowest BCUT2D eigenvalue weighted by molar-refractivity contribution is -0.143. The van der Waals surface area contributed by atoms with Crippen LogP contribution in [-0.2, 0) is 9.59 Å². The molecule has 1 aromatic carbocycles. The van der Waals surface area contributed by atoms with Crippen LogP contribution < -0.4 is 10.1 Å². The molecule has 0 saturated carbocycles. The van der Waals surface area contributed by atoms with Crippen molar-refractivity contribution in [2.75, 3.05) is 6.61 Å². The number of nitrogens with one attached hydrogen (secondary N) is 1. The third kappa shape index (κ3) is 4.77. The molecule has 116 valence electrons. The number of benzene rings is 1. The molecular weight excluding hydrogens is 270 g/mol. The Morgan fingerprint density at radius 2 is 1.86 bits per heavy atom. The van der Waals surface area contributed by atoms with Crippen LogP contribution >= 0.6 is 0 Å². The molecular formula is C16H23NO4. The third-order valence-electron chi connectivity index (χ3n) is 3.55. The molecule has 0 aromatic heterocycles. The van der Waals surface area contributed by atoms with Crippen molar-refractivity contribution in [1.29, 1.82) is 0 Å². The number of amides is 1. The van der Waals surface area contributed by atoms with Gasteiger partial charge < -0.3 is 15.2 Å². The number of hydrogen-bond donors (Lipinski definition) is 2. The normalized spacial score (nSPS) is 13.3. The van der Waals surface area contributed by atoms with E-state index in [9.17, 15) is 9.59 Å². The molecule has 0 aliphatic heterocycles. The maximum Gasteiger partial charge on any atom is 0.326 e. The van der Waals surface area contributed by atoms with E-state index in [1.165, 1.54) is 0 Å². The fourth-order valence-corrected chi connectivity index (χ4v) is 2.06. The van der Waals surface area contributed by atoms with E-state index in [0.717, 1.165) is 11.1 Å². The summed E-state index contributed by atoms with van der Waals surface area (Å²) in [6.45, 7) is 7.30. The highest BCUT2D eigenvalue weighted by Crippen LogP contribution is 2.22. The minimum atomic E-state index is -1.02. The Morgan fingerprint density at radius 3 is 2.33 bits per heavy atom. The van der Waals surface area contributed by atoms with Gasteiger partial charge in [0.2, 0.25) is 0 Å². The van der Waals surface area contributed by atoms with Gasteiger partial charge in [-0.15, -0.1) is 0 Å². The molecule has 5 nitrogen and oxygen atoms in total. The number of aryl methyl sites for hydroxylation is 2. The lowest BCUT2D eigenvalue weighted by atomic mass is 9.99. The van der Waals surface area contributed by atoms with Crippen LogP contribution in [0.1, 0.15) is 31.4 Å². The highest BCUT2D eigenvalue weighted by molar-refractivity contribution is 5.84. The van der Waals surface area contributed by atoms with Crippen molar-refractivity contribution in [3.8, 4) is 5.75 Å². The van der Waals surface area contributed by atoms with Crippen molar-refractivity contribution >= 4 is 11.9 Å². The van der Waals surface area contributed by atoms with E-state index in [4.69, 9.17) is 9.84 Å². The van der Waals surface area contributed by atoms with E-state index in [0.29, 0.717) is 12.2 Å². The number of carboxylic acid groups (broad SMARTS) is 1. The van der Waals surface area contributed by atoms with Crippen LogP contribution in [-0.4, -0.2) is 29.6 Å². The molecule has 1 aromatic rings. The molecule has 2 N–H and O–H groups in total. The Balaban J connectivity index is 2.63. The Morgan fingerprint density at radius 1 is 1.29 bits per heavy atom. The zero-order valence-corrected chi connectivity index (χ0v) is 13.0. The first kappa shape index (κ1) is 17.0. The molecule has 1 rings (SSSR count). The average Bonchev–Trinajstić information content (AvgIpc) is 2.43. The Hall–Kier alpha value is -2.04. The van der Waals surface area contributed by atoms with Gasteiger partial charge in [-0.3, -0.25) is 4.79 Å². The number of hydrogen-bond acceptors (Lipinski definition) is 3. The number of ether oxygens (including phenoxy) is 1. The second-order valence-corrected chi connectivity index (χ2v) is 5.28. The molecule has 2 atom stereocenters. The van der Waals surface area contributed by atoms with E-state index in [2.05, 4.69) is 5.32 Å². The van der Waals surface area contributed by atoms with Crippen LogP contribution in [0.3, 0.4) is 0 Å². The summed E-state index contributed by atoms with van der Waals surface area (Å²) in [5.41, 5.74) is 1.89. The fourth-order valence-electron chi connectivity index (χ4n) is 2.06. The van der Waals surface area contributed by atoms with Crippen LogP contribution in [0.5, 0.6) is 5.75 Å². The van der Waals surface area contributed by atoms with Crippen LogP contribution in [0.4, 0.5) is 0 Å². The molecule has 0 aliphatic rings. The van der Waals surface area contributed by atoms with E-state index in [1.807, 2.05) is 39.0 Å². The van der Waals surface area contributed by atoms with Gasteiger partial charge in [0.05, 0.1) is 0 Å². The summed E-state index contributed by atoms with van der Waals surface area (Å²) in [6, 6.07) is 4.84. The molecule has 1 unspecified atom stereocenters. The van der Waals surface area contributed by atoms with Gasteiger partial charge >= 0.3 is 5.97 Å². The van der Waals surface area contributed by atoms with Gasteiger partial charge in [0.1, 0.15) is 11.8 Å². The molecule has 0 fully saturated rings. The minimum Gasteiger partial charge on any atom is -0.483 e. The summed E-state index contributed by atoms with van der Waals surface area (Å²) < 4.78 is 5.52. The maximum absolute atomic E-state index is 11.9. The summed E-state index contributed by atoms with van der Waals surface area (Å²) in [4.78, 5) is 23.0. The first-order chi connectivity index (χ1) is 9.86. The molecule has 0 heterocycles. The number of aliphatic carboxylic acids is 1. The first-order valence-corrected chi connectivity index (χ1v) is 7.08. The average molecular weight is 293 g/mol. The molecule has 1 amide bonds. The maximum atomic E-state index is 11.9. The van der Waals surface area contributed by atoms with Crippen molar-refractivity contribution < 1.29 is 19.4 Å². The van der Waals surface area contributed by atoms with Crippen molar-refractivity contribution in [1.82, 2.24) is 5.32 Å². The van der Waals surface area contributed by atoms with Crippen molar-refractivity contribution in [3.05, 3.63) is 29.3 Å². The smallest absolute Gasteiger partial charge is 0.326 e. The van der Waals surface area contributed by atoms with E-state index in [-0.39, 0.29) is 12.5 Å². The highest BCUT2D eigenvalue weighted by Gasteiger charge is 2.25. The zero-order chi connectivity index (χ0) is 16.0. The molecule has 0 radical (unpaired) electrons. The van der Waals surface area contributed by atoms with Crippen LogP contribution in [0, 0.1) is 19.8 Å². The Bertz CT molecular complexity index is 493. The standard InChI is InChI=1S/C16H23NO4/c1-5-10(2)14(16(19)20)17-13(18)9-21-15-11(3)7-6-8-12(15)4/h6-8,10,14H,5,9H2,1-4H3,(H,17,18)(H,19,20)/t10?,14-/m0/s1. The summed E-state index contributed by atoms with van der Waals surface area (Å²) >= 11 is 0. The van der Waals surface area contributed by atoms with E-state index in [1.54, 1.807) is 6.92 Å². The van der Waals surface area contributed by atoms with Gasteiger partial charge in [-0.2, -0.15) is 0 Å². The van der Waals surface area contributed by atoms with Crippen LogP contribution in [0.15, 0.2) is 18.2 Å². The SMILES string of the molecule is CCC(C)[C@H](NC(=O)COc1c(C)cccc1C)C(=O)O. The van der Waals surface area contributed by atoms with Gasteiger partial charge in [0.15, 0.2) is 6.61 Å². The van der Waals surface area contributed by atoms with Gasteiger partial charge in [0, 0.05) is 0 Å². The van der Waals surface area contributed by atoms with Gasteiger partial charge in [-0.05, 0) is 30.9 Å². The summed E-state index contributed by atoms with van der Waals surface area (Å²) in [5.74, 6) is -0.912. The zero-order valence-electron chi connectivity index (χ0n) is 13.0. The number of carbonyl (C=O) groups excluding carboxylic acids is 1. The quantitative estimate of drug-likeness (QED) is 0.809. The van der Waals surface area contributed by atoms with E-state index >= 15 is 0 Å². The monoisotopic (exact) mass is 293 g/mol. The Labute approximate surface area is 125 Å². The molecule has 0 aliphatic carbocycles. The topological polar surface area (TPSA) is 75.6 Å². The number of carboxylic acids is 1. The van der Waals surface area contributed by atoms with Crippen molar-refractivity contribution in [2.45, 2.75) is 40.2 Å². The fraction of sp³-hybridized carbons (Fsp3) is 0.500. The lowest BCUT2D eigenvalue weighted by Gasteiger charge is -2.20. The minimum absolute atomic E-state index is 0.133. The number of para-hydroxylation sites is 1. The largest absolute Gasteiger partial charge is 0.483 e.